The van der Waals surface area contributed by atoms with Gasteiger partial charge in [0.1, 0.15) is 0 Å². The number of benzene rings is 3. The van der Waals surface area contributed by atoms with Crippen LogP contribution >= 0.6 is 0 Å². The Bertz CT molecular complexity index is 1610. The number of sulfone groups is 1. The van der Waals surface area contributed by atoms with Gasteiger partial charge >= 0.3 is 12.1 Å². The minimum absolute atomic E-state index is 0.0446. The van der Waals surface area contributed by atoms with E-state index in [2.05, 4.69) is 0 Å². The number of aromatic carboxylic acids is 1. The lowest BCUT2D eigenvalue weighted by Crippen LogP contribution is -2.11. The number of amides is 1. The molecule has 0 atom stereocenters. The van der Waals surface area contributed by atoms with Crippen LogP contribution in [0.1, 0.15) is 51.4 Å². The summed E-state index contributed by atoms with van der Waals surface area (Å²) in [5, 5.41) is 9.82. The number of primary amides is 1. The Kier molecular flexibility index (Phi) is 8.85. The maximum atomic E-state index is 13.2. The molecular formula is C28H27F3N2O5S. The van der Waals surface area contributed by atoms with Gasteiger partial charge in [0, 0.05) is 35.1 Å². The van der Waals surface area contributed by atoms with Crippen molar-refractivity contribution in [3.05, 3.63) is 101 Å². The molecule has 11 heteroatoms. The van der Waals surface area contributed by atoms with Gasteiger partial charge in [0.05, 0.1) is 21.8 Å². The summed E-state index contributed by atoms with van der Waals surface area (Å²) < 4.78 is 64.3. The third kappa shape index (κ3) is 6.85. The summed E-state index contributed by atoms with van der Waals surface area (Å²) in [5.41, 5.74) is 6.57. The number of nitrogens with zero attached hydrogens (tertiary/aromatic N) is 1. The van der Waals surface area contributed by atoms with Gasteiger partial charge in [-0.25, -0.2) is 13.2 Å². The number of fused-ring (bicyclic) bond motifs is 1. The van der Waals surface area contributed by atoms with Gasteiger partial charge in [-0.15, -0.1) is 0 Å². The van der Waals surface area contributed by atoms with Gasteiger partial charge in [0.25, 0.3) is 0 Å². The topological polar surface area (TPSA) is 119 Å². The molecule has 3 N–H and O–H groups in total. The highest BCUT2D eigenvalue weighted by Crippen LogP contribution is 2.33. The lowest BCUT2D eigenvalue weighted by atomic mass is 10.0. The van der Waals surface area contributed by atoms with Gasteiger partial charge in [0.15, 0.2) is 9.84 Å². The Morgan fingerprint density at radius 2 is 1.54 bits per heavy atom. The Hall–Kier alpha value is -4.12. The lowest BCUT2D eigenvalue weighted by molar-refractivity contribution is -0.138. The second-order valence-electron chi connectivity index (χ2n) is 8.58. The first-order chi connectivity index (χ1) is 18.3. The number of carbonyl (C=O) groups excluding carboxylic acids is 1. The molecule has 0 aliphatic heterocycles. The van der Waals surface area contributed by atoms with Gasteiger partial charge < -0.3 is 15.4 Å². The predicted octanol–water partition coefficient (Wildman–Crippen LogP) is 5.55. The van der Waals surface area contributed by atoms with Gasteiger partial charge in [-0.3, -0.25) is 4.79 Å². The number of alkyl halides is 3. The van der Waals surface area contributed by atoms with Crippen LogP contribution in [0.3, 0.4) is 0 Å². The second-order valence-corrected chi connectivity index (χ2v) is 10.9. The molecule has 0 unspecified atom stereocenters. The van der Waals surface area contributed by atoms with Crippen molar-refractivity contribution in [2.75, 3.05) is 5.75 Å². The second kappa shape index (κ2) is 11.7. The number of hydrogen-bond donors (Lipinski definition) is 2. The van der Waals surface area contributed by atoms with Gasteiger partial charge in [-0.1, -0.05) is 25.1 Å². The number of aryl methyl sites for hydroxylation is 1. The molecule has 0 aliphatic rings. The van der Waals surface area contributed by atoms with E-state index in [1.807, 2.05) is 11.5 Å². The van der Waals surface area contributed by atoms with Crippen molar-refractivity contribution in [1.29, 1.82) is 0 Å². The van der Waals surface area contributed by atoms with Crippen LogP contribution in [-0.4, -0.2) is 35.7 Å². The first kappa shape index (κ1) is 29.4. The first-order valence-corrected chi connectivity index (χ1v) is 13.6. The monoisotopic (exact) mass is 560 g/mol. The minimum Gasteiger partial charge on any atom is -0.478 e. The fourth-order valence-corrected chi connectivity index (χ4v) is 5.00. The maximum absolute atomic E-state index is 13.2. The van der Waals surface area contributed by atoms with Crippen LogP contribution in [-0.2, 0) is 29.0 Å². The lowest BCUT2D eigenvalue weighted by Gasteiger charge is -2.14. The van der Waals surface area contributed by atoms with Crippen LogP contribution in [0.25, 0.3) is 10.9 Å². The van der Waals surface area contributed by atoms with Crippen LogP contribution < -0.4 is 5.73 Å². The number of rotatable bonds is 7. The van der Waals surface area contributed by atoms with E-state index in [-0.39, 0.29) is 28.2 Å². The highest BCUT2D eigenvalue weighted by molar-refractivity contribution is 7.91. The summed E-state index contributed by atoms with van der Waals surface area (Å²) in [4.78, 5) is 22.0. The summed E-state index contributed by atoms with van der Waals surface area (Å²) in [5.74, 6) is -1.55. The number of carbonyl (C=O) groups is 2. The number of halogens is 3. The molecule has 0 spiro atoms. The SMILES string of the molecule is CCS(=O)(=O)c1ccc(C(N)=O)cc1.CCn1c(Cc2ccccc2C(F)(F)F)cc2cc(C(=O)O)ccc21. The molecule has 0 saturated heterocycles. The summed E-state index contributed by atoms with van der Waals surface area (Å²) in [6.07, 6.45) is -4.28. The van der Waals surface area contributed by atoms with Crippen molar-refractivity contribution in [2.45, 2.75) is 37.9 Å². The van der Waals surface area contributed by atoms with Crippen LogP contribution in [0.4, 0.5) is 13.2 Å². The van der Waals surface area contributed by atoms with Crippen molar-refractivity contribution in [1.82, 2.24) is 4.57 Å². The molecule has 0 saturated carbocycles. The molecule has 39 heavy (non-hydrogen) atoms. The number of hydrogen-bond acceptors (Lipinski definition) is 4. The summed E-state index contributed by atoms with van der Waals surface area (Å²) in [7, 11) is -3.19. The van der Waals surface area contributed by atoms with E-state index < -0.39 is 33.5 Å². The Morgan fingerprint density at radius 3 is 2.08 bits per heavy atom. The standard InChI is InChI=1S/C19H16F3NO2.C9H11NO3S/c1-2-23-15(10-12-5-3-4-6-16(12)19(20,21)22)11-14-9-13(18(24)25)7-8-17(14)23;1-2-14(12,13)8-5-3-7(4-6-8)9(10)11/h3-9,11H,2,10H2,1H3,(H,24,25);3-6H,2H2,1H3,(H2,10,11). The van der Waals surface area contributed by atoms with Gasteiger partial charge in [-0.2, -0.15) is 13.2 Å². The maximum Gasteiger partial charge on any atom is 0.416 e. The van der Waals surface area contributed by atoms with Crippen molar-refractivity contribution in [3.63, 3.8) is 0 Å². The fourth-order valence-electron chi connectivity index (χ4n) is 4.12. The normalized spacial score (nSPS) is 11.6. The average Bonchev–Trinajstić information content (AvgIpc) is 3.24. The molecule has 0 aliphatic carbocycles. The van der Waals surface area contributed by atoms with Crippen LogP contribution in [0, 0.1) is 0 Å². The van der Waals surface area contributed by atoms with Crippen molar-refractivity contribution in [3.8, 4) is 0 Å². The van der Waals surface area contributed by atoms with E-state index >= 15 is 0 Å². The third-order valence-electron chi connectivity index (χ3n) is 6.12. The molecule has 0 radical (unpaired) electrons. The highest BCUT2D eigenvalue weighted by Gasteiger charge is 2.33. The van der Waals surface area contributed by atoms with Gasteiger partial charge in [0.2, 0.25) is 5.91 Å². The molecule has 4 aromatic rings. The quantitative estimate of drug-likeness (QED) is 0.307. The molecule has 7 nitrogen and oxygen atoms in total. The van der Waals surface area contributed by atoms with Crippen LogP contribution in [0.2, 0.25) is 0 Å². The van der Waals surface area contributed by atoms with E-state index in [0.29, 0.717) is 17.5 Å². The largest absolute Gasteiger partial charge is 0.478 e. The Balaban J connectivity index is 0.000000255. The molecule has 1 heterocycles. The van der Waals surface area contributed by atoms with Crippen molar-refractivity contribution in [2.24, 2.45) is 5.73 Å². The number of carboxylic acid groups (broad SMARTS) is 1. The molecule has 4 rings (SSSR count). The zero-order valence-electron chi connectivity index (χ0n) is 21.2. The number of aromatic nitrogens is 1. The van der Waals surface area contributed by atoms with E-state index in [1.54, 1.807) is 31.2 Å². The van der Waals surface area contributed by atoms with E-state index in [4.69, 9.17) is 10.8 Å². The van der Waals surface area contributed by atoms with Crippen molar-refractivity contribution < 1.29 is 36.3 Å². The zero-order valence-corrected chi connectivity index (χ0v) is 22.0. The summed E-state index contributed by atoms with van der Waals surface area (Å²) in [6.45, 7) is 4.06. The molecule has 0 fully saturated rings. The van der Waals surface area contributed by atoms with Crippen LogP contribution in [0.5, 0.6) is 0 Å². The number of carboxylic acids is 1. The first-order valence-electron chi connectivity index (χ1n) is 11.9. The smallest absolute Gasteiger partial charge is 0.416 e. The summed E-state index contributed by atoms with van der Waals surface area (Å²) >= 11 is 0. The molecule has 1 amide bonds. The highest BCUT2D eigenvalue weighted by atomic mass is 32.2. The summed E-state index contributed by atoms with van der Waals surface area (Å²) in [6, 6.07) is 17.6. The van der Waals surface area contributed by atoms with Gasteiger partial charge in [-0.05, 0) is 67.1 Å². The average molecular weight is 561 g/mol. The van der Waals surface area contributed by atoms with Crippen molar-refractivity contribution >= 4 is 32.6 Å². The van der Waals surface area contributed by atoms with E-state index in [0.717, 1.165) is 17.3 Å². The molecule has 206 valence electrons. The number of nitrogens with two attached hydrogens (primary N) is 1. The fraction of sp³-hybridized carbons (Fsp3) is 0.214. The molecule has 0 bridgehead atoms. The third-order valence-corrected chi connectivity index (χ3v) is 7.87. The predicted molar refractivity (Wildman–Crippen MR) is 142 cm³/mol. The molecule has 1 aromatic heterocycles. The Morgan fingerprint density at radius 1 is 0.923 bits per heavy atom. The Labute approximate surface area is 223 Å². The minimum atomic E-state index is -4.41. The van der Waals surface area contributed by atoms with E-state index in [9.17, 15) is 31.2 Å². The molecular weight excluding hydrogens is 533 g/mol. The zero-order chi connectivity index (χ0) is 29.0. The van der Waals surface area contributed by atoms with E-state index in [1.165, 1.54) is 42.5 Å². The van der Waals surface area contributed by atoms with Crippen LogP contribution in [0.15, 0.2) is 77.7 Å². The molecule has 3 aromatic carbocycles.